The Bertz CT molecular complexity index is 294. The molecule has 0 heterocycles. The predicted octanol–water partition coefficient (Wildman–Crippen LogP) is 0.734. The summed E-state index contributed by atoms with van der Waals surface area (Å²) >= 11 is 0. The van der Waals surface area contributed by atoms with Gasteiger partial charge in [0.2, 0.25) is 0 Å². The number of hydrogen-bond acceptors (Lipinski definition) is 4. The van der Waals surface area contributed by atoms with Gasteiger partial charge in [-0.3, -0.25) is 14.4 Å². The van der Waals surface area contributed by atoms with E-state index in [4.69, 9.17) is 0 Å². The number of carbonyl (C=O) groups is 3. The number of hydrogen-bond donors (Lipinski definition) is 0. The first-order valence-corrected chi connectivity index (χ1v) is 4.56. The summed E-state index contributed by atoms with van der Waals surface area (Å²) in [5.41, 5.74) is -1.26. The SMILES string of the molecule is COC(=O)[C@]1(C)CC(=O)C[C@H](C)C1=O. The monoisotopic (exact) mass is 198 g/mol. The van der Waals surface area contributed by atoms with Crippen molar-refractivity contribution in [3.63, 3.8) is 0 Å². The van der Waals surface area contributed by atoms with Crippen molar-refractivity contribution in [3.05, 3.63) is 0 Å². The fourth-order valence-electron chi connectivity index (χ4n) is 1.93. The van der Waals surface area contributed by atoms with Crippen molar-refractivity contribution in [3.8, 4) is 0 Å². The van der Waals surface area contributed by atoms with E-state index in [0.717, 1.165) is 0 Å². The normalized spacial score (nSPS) is 32.9. The van der Waals surface area contributed by atoms with Gasteiger partial charge in [-0.1, -0.05) is 6.92 Å². The third kappa shape index (κ3) is 1.56. The first-order valence-electron chi connectivity index (χ1n) is 4.56. The average Bonchev–Trinajstić information content (AvgIpc) is 2.12. The molecule has 1 saturated carbocycles. The highest BCUT2D eigenvalue weighted by Gasteiger charge is 2.49. The summed E-state index contributed by atoms with van der Waals surface area (Å²) in [6.07, 6.45) is 0.217. The summed E-state index contributed by atoms with van der Waals surface area (Å²) < 4.78 is 4.55. The summed E-state index contributed by atoms with van der Waals surface area (Å²) in [4.78, 5) is 34.4. The number of rotatable bonds is 1. The van der Waals surface area contributed by atoms with Crippen LogP contribution in [0.4, 0.5) is 0 Å². The number of ketones is 2. The molecule has 1 rings (SSSR count). The zero-order chi connectivity index (χ0) is 10.9. The van der Waals surface area contributed by atoms with E-state index in [1.54, 1.807) is 6.92 Å². The second-order valence-electron chi connectivity index (χ2n) is 4.01. The van der Waals surface area contributed by atoms with Gasteiger partial charge in [-0.25, -0.2) is 0 Å². The van der Waals surface area contributed by atoms with E-state index in [-0.39, 0.29) is 30.3 Å². The van der Waals surface area contributed by atoms with Crippen LogP contribution in [-0.2, 0) is 19.1 Å². The van der Waals surface area contributed by atoms with Gasteiger partial charge in [-0.2, -0.15) is 0 Å². The van der Waals surface area contributed by atoms with E-state index in [1.807, 2.05) is 0 Å². The number of methoxy groups -OCH3 is 1. The molecule has 14 heavy (non-hydrogen) atoms. The average molecular weight is 198 g/mol. The Balaban J connectivity index is 3.00. The molecule has 1 fully saturated rings. The van der Waals surface area contributed by atoms with Crippen LogP contribution in [0.15, 0.2) is 0 Å². The summed E-state index contributed by atoms with van der Waals surface area (Å²) in [6, 6.07) is 0. The second kappa shape index (κ2) is 3.52. The first kappa shape index (κ1) is 10.9. The van der Waals surface area contributed by atoms with Crippen LogP contribution in [-0.4, -0.2) is 24.6 Å². The Hall–Kier alpha value is -1.19. The molecule has 4 nitrogen and oxygen atoms in total. The molecule has 0 aromatic carbocycles. The van der Waals surface area contributed by atoms with Crippen LogP contribution in [0.5, 0.6) is 0 Å². The number of carbonyl (C=O) groups excluding carboxylic acids is 3. The van der Waals surface area contributed by atoms with E-state index in [9.17, 15) is 14.4 Å². The molecule has 0 spiro atoms. The van der Waals surface area contributed by atoms with Crippen LogP contribution in [0.25, 0.3) is 0 Å². The predicted molar refractivity (Wildman–Crippen MR) is 48.5 cm³/mol. The smallest absolute Gasteiger partial charge is 0.319 e. The van der Waals surface area contributed by atoms with E-state index in [2.05, 4.69) is 4.74 Å². The van der Waals surface area contributed by atoms with E-state index in [1.165, 1.54) is 14.0 Å². The van der Waals surface area contributed by atoms with Crippen molar-refractivity contribution in [1.29, 1.82) is 0 Å². The van der Waals surface area contributed by atoms with Crippen molar-refractivity contribution in [2.75, 3.05) is 7.11 Å². The lowest BCUT2D eigenvalue weighted by molar-refractivity contribution is -0.163. The molecular formula is C10H14O4. The fraction of sp³-hybridized carbons (Fsp3) is 0.700. The number of Topliss-reactive ketones (excluding diaryl/α,β-unsaturated/α-hetero) is 2. The lowest BCUT2D eigenvalue weighted by Gasteiger charge is -2.31. The van der Waals surface area contributed by atoms with Crippen molar-refractivity contribution < 1.29 is 19.1 Å². The number of ether oxygens (including phenoxy) is 1. The molecule has 0 aliphatic heterocycles. The van der Waals surface area contributed by atoms with Crippen molar-refractivity contribution in [1.82, 2.24) is 0 Å². The Morgan fingerprint density at radius 1 is 1.50 bits per heavy atom. The lowest BCUT2D eigenvalue weighted by Crippen LogP contribution is -2.46. The molecular weight excluding hydrogens is 184 g/mol. The topological polar surface area (TPSA) is 60.4 Å². The summed E-state index contributed by atoms with van der Waals surface area (Å²) in [6.45, 7) is 3.15. The van der Waals surface area contributed by atoms with Gasteiger partial charge in [0, 0.05) is 18.8 Å². The molecule has 1 aliphatic carbocycles. The van der Waals surface area contributed by atoms with Crippen LogP contribution >= 0.6 is 0 Å². The molecule has 0 aromatic rings. The Kier molecular flexibility index (Phi) is 2.73. The van der Waals surface area contributed by atoms with Crippen LogP contribution in [0.3, 0.4) is 0 Å². The molecule has 1 aliphatic rings. The van der Waals surface area contributed by atoms with Crippen LogP contribution in [0.1, 0.15) is 26.7 Å². The standard InChI is InChI=1S/C10H14O4/c1-6-4-7(11)5-10(2,8(6)12)9(13)14-3/h6H,4-5H2,1-3H3/t6-,10+/m0/s1. The van der Waals surface area contributed by atoms with E-state index < -0.39 is 11.4 Å². The van der Waals surface area contributed by atoms with Gasteiger partial charge in [-0.05, 0) is 6.92 Å². The van der Waals surface area contributed by atoms with Crippen LogP contribution in [0.2, 0.25) is 0 Å². The van der Waals surface area contributed by atoms with E-state index >= 15 is 0 Å². The van der Waals surface area contributed by atoms with E-state index in [0.29, 0.717) is 0 Å². The zero-order valence-electron chi connectivity index (χ0n) is 8.62. The van der Waals surface area contributed by atoms with Gasteiger partial charge in [0.25, 0.3) is 0 Å². The van der Waals surface area contributed by atoms with Crippen LogP contribution < -0.4 is 0 Å². The van der Waals surface area contributed by atoms with Gasteiger partial charge >= 0.3 is 5.97 Å². The van der Waals surface area contributed by atoms with Crippen molar-refractivity contribution >= 4 is 17.5 Å². The lowest BCUT2D eigenvalue weighted by atomic mass is 9.70. The van der Waals surface area contributed by atoms with Gasteiger partial charge in [0.05, 0.1) is 7.11 Å². The van der Waals surface area contributed by atoms with Gasteiger partial charge in [0.15, 0.2) is 5.78 Å². The molecule has 2 atom stereocenters. The summed E-state index contributed by atoms with van der Waals surface area (Å²) in [7, 11) is 1.23. The fourth-order valence-corrected chi connectivity index (χ4v) is 1.93. The second-order valence-corrected chi connectivity index (χ2v) is 4.01. The van der Waals surface area contributed by atoms with Crippen LogP contribution in [0, 0.1) is 11.3 Å². The highest BCUT2D eigenvalue weighted by molar-refractivity contribution is 6.10. The zero-order valence-corrected chi connectivity index (χ0v) is 8.62. The minimum atomic E-state index is -1.26. The number of esters is 1. The molecule has 78 valence electrons. The maximum Gasteiger partial charge on any atom is 0.319 e. The molecule has 4 heteroatoms. The largest absolute Gasteiger partial charge is 0.468 e. The maximum absolute atomic E-state index is 11.7. The van der Waals surface area contributed by atoms with Crippen molar-refractivity contribution in [2.45, 2.75) is 26.7 Å². The first-order chi connectivity index (χ1) is 6.41. The van der Waals surface area contributed by atoms with Gasteiger partial charge in [-0.15, -0.1) is 0 Å². The third-order valence-corrected chi connectivity index (χ3v) is 2.71. The summed E-state index contributed by atoms with van der Waals surface area (Å²) in [5.74, 6) is -1.23. The minimum Gasteiger partial charge on any atom is -0.468 e. The quantitative estimate of drug-likeness (QED) is 0.460. The Labute approximate surface area is 82.6 Å². The van der Waals surface area contributed by atoms with Gasteiger partial charge < -0.3 is 4.74 Å². The molecule has 0 bridgehead atoms. The molecule has 0 saturated heterocycles. The molecule has 0 radical (unpaired) electrons. The molecule has 0 unspecified atom stereocenters. The minimum absolute atomic E-state index is 0.0250. The summed E-state index contributed by atoms with van der Waals surface area (Å²) in [5, 5.41) is 0. The third-order valence-electron chi connectivity index (χ3n) is 2.71. The highest BCUT2D eigenvalue weighted by Crippen LogP contribution is 2.34. The highest BCUT2D eigenvalue weighted by atomic mass is 16.5. The Morgan fingerprint density at radius 2 is 2.07 bits per heavy atom. The molecule has 0 aromatic heterocycles. The Morgan fingerprint density at radius 3 is 2.57 bits per heavy atom. The maximum atomic E-state index is 11.7. The molecule has 0 N–H and O–H groups in total. The molecule has 0 amide bonds. The van der Waals surface area contributed by atoms with Gasteiger partial charge in [0.1, 0.15) is 11.2 Å². The van der Waals surface area contributed by atoms with Crippen molar-refractivity contribution in [2.24, 2.45) is 11.3 Å².